The van der Waals surface area contributed by atoms with Gasteiger partial charge in [0.25, 0.3) is 5.82 Å². The summed E-state index contributed by atoms with van der Waals surface area (Å²) in [4.78, 5) is 10.9. The minimum atomic E-state index is 0. The van der Waals surface area contributed by atoms with Crippen molar-refractivity contribution in [2.45, 2.75) is 20.4 Å². The van der Waals surface area contributed by atoms with Gasteiger partial charge in [0, 0.05) is 22.8 Å². The highest BCUT2D eigenvalue weighted by atomic mass is 35.5. The van der Waals surface area contributed by atoms with Gasteiger partial charge in [-0.1, -0.05) is 54.6 Å². The molecule has 162 valence electrons. The third-order valence-corrected chi connectivity index (χ3v) is 5.45. The zero-order valence-corrected chi connectivity index (χ0v) is 19.4. The lowest BCUT2D eigenvalue weighted by molar-refractivity contribution is -0.386. The van der Waals surface area contributed by atoms with Gasteiger partial charge in [-0.25, -0.2) is 9.97 Å². The van der Waals surface area contributed by atoms with E-state index >= 15 is 0 Å². The molecule has 6 heteroatoms. The molecule has 0 spiro atoms. The topological polar surface area (TPSA) is 57.9 Å². The molecule has 4 aromatic rings. The molecule has 4 rings (SSSR count). The number of nitrogens with zero attached hydrogens (tertiary/aromatic N) is 2. The maximum Gasteiger partial charge on any atom is 0.283 e. The van der Waals surface area contributed by atoms with E-state index < -0.39 is 0 Å². The van der Waals surface area contributed by atoms with Crippen LogP contribution in [0.25, 0.3) is 33.3 Å². The average Bonchev–Trinajstić information content (AvgIpc) is 2.80. The van der Waals surface area contributed by atoms with Crippen LogP contribution in [0.15, 0.2) is 72.9 Å². The molecule has 0 bridgehead atoms. The van der Waals surface area contributed by atoms with Gasteiger partial charge in [0.1, 0.15) is 0 Å². The van der Waals surface area contributed by atoms with Crippen LogP contribution in [-0.2, 0) is 6.54 Å². The van der Waals surface area contributed by atoms with Crippen molar-refractivity contribution in [3.05, 3.63) is 78.5 Å². The van der Waals surface area contributed by atoms with Crippen LogP contribution in [0.3, 0.4) is 0 Å². The molecular weight excluding hydrogens is 427 g/mol. The van der Waals surface area contributed by atoms with Gasteiger partial charge in [0.05, 0.1) is 42.4 Å². The number of benzene rings is 2. The fourth-order valence-electron chi connectivity index (χ4n) is 3.81. The van der Waals surface area contributed by atoms with Crippen molar-refractivity contribution in [2.24, 2.45) is 0 Å². The number of anilines is 1. The van der Waals surface area contributed by atoms with Crippen molar-refractivity contribution in [3.8, 4) is 22.4 Å². The molecule has 0 unspecified atom stereocenters. The first-order valence-electron chi connectivity index (χ1n) is 10.3. The van der Waals surface area contributed by atoms with Gasteiger partial charge in [-0.2, -0.15) is 0 Å². The van der Waals surface area contributed by atoms with Crippen molar-refractivity contribution >= 4 is 16.7 Å². The van der Waals surface area contributed by atoms with Crippen molar-refractivity contribution in [1.82, 2.24) is 4.98 Å². The summed E-state index contributed by atoms with van der Waals surface area (Å²) >= 11 is 0. The van der Waals surface area contributed by atoms with Crippen LogP contribution in [0.1, 0.15) is 19.4 Å². The molecule has 2 heterocycles. The predicted molar refractivity (Wildman–Crippen MR) is 119 cm³/mol. The molecule has 4 N–H and O–H groups in total. The molecule has 0 aliphatic heterocycles. The Balaban J connectivity index is 0.00000171. The maximum atomic E-state index is 5.13. The van der Waals surface area contributed by atoms with E-state index in [4.69, 9.17) is 4.98 Å². The summed E-state index contributed by atoms with van der Waals surface area (Å²) in [6, 6.07) is 23.5. The second-order valence-corrected chi connectivity index (χ2v) is 7.13. The molecular formula is C25H28Cl2N4. The summed E-state index contributed by atoms with van der Waals surface area (Å²) in [5.41, 5.74) is 10.7. The first-order valence-corrected chi connectivity index (χ1v) is 10.3. The second-order valence-electron chi connectivity index (χ2n) is 7.13. The Kier molecular flexibility index (Phi) is 8.81. The van der Waals surface area contributed by atoms with E-state index in [2.05, 4.69) is 96.2 Å². The Morgan fingerprint density at radius 1 is 0.871 bits per heavy atom. The molecule has 0 atom stereocenters. The summed E-state index contributed by atoms with van der Waals surface area (Å²) < 4.78 is 0. The number of quaternary nitrogens is 1. The Labute approximate surface area is 196 Å². The normalized spacial score (nSPS) is 10.3. The van der Waals surface area contributed by atoms with Crippen LogP contribution in [0.4, 0.5) is 5.82 Å². The van der Waals surface area contributed by atoms with Crippen LogP contribution >= 0.6 is 0 Å². The lowest BCUT2D eigenvalue weighted by Crippen LogP contribution is -3.00. The highest BCUT2D eigenvalue weighted by molar-refractivity contribution is 5.96. The number of fused-ring (bicyclic) bond motifs is 1. The number of aromatic nitrogens is 2. The second kappa shape index (κ2) is 11.1. The van der Waals surface area contributed by atoms with Gasteiger partial charge in [0.2, 0.25) is 0 Å². The van der Waals surface area contributed by atoms with E-state index in [-0.39, 0.29) is 24.8 Å². The Bertz CT molecular complexity index is 1110. The van der Waals surface area contributed by atoms with Gasteiger partial charge in [0.15, 0.2) is 0 Å². The molecule has 0 radical (unpaired) electrons. The molecule has 2 aromatic carbocycles. The number of rotatable bonds is 6. The van der Waals surface area contributed by atoms with Crippen LogP contribution in [0.5, 0.6) is 0 Å². The number of H-pyrrole nitrogens is 1. The number of halogens is 2. The number of aromatic amines is 1. The van der Waals surface area contributed by atoms with E-state index in [1.165, 1.54) is 11.1 Å². The van der Waals surface area contributed by atoms with Gasteiger partial charge in [-0.3, -0.25) is 4.90 Å². The first-order chi connectivity index (χ1) is 14.2. The smallest absolute Gasteiger partial charge is 0.283 e. The third kappa shape index (κ3) is 4.99. The number of hydrogen-bond donors (Lipinski definition) is 1. The molecule has 0 saturated heterocycles. The average molecular weight is 455 g/mol. The Morgan fingerprint density at radius 2 is 1.55 bits per heavy atom. The van der Waals surface area contributed by atoms with E-state index in [0.717, 1.165) is 53.2 Å². The fourth-order valence-corrected chi connectivity index (χ4v) is 3.81. The number of nitrogens with one attached hydrogen (secondary N) is 1. The number of pyridine rings is 2. The third-order valence-electron chi connectivity index (χ3n) is 5.45. The van der Waals surface area contributed by atoms with E-state index in [9.17, 15) is 0 Å². The van der Waals surface area contributed by atoms with Gasteiger partial charge in [-0.05, 0) is 25.5 Å². The molecule has 31 heavy (non-hydrogen) atoms. The standard InChI is InChI=1S/C25H26N4.2ClH/c1-3-29(4-2)25-22-16-21(19-8-6-5-7-9-19)24(28-23(22)14-15-27-25)20-12-10-18(17-26)11-13-20;;/h5-16H,3-4,17,26H2,1-2H3;2*1H. The Hall–Kier alpha value is -2.66. The van der Waals surface area contributed by atoms with Crippen LogP contribution < -0.4 is 40.4 Å². The Morgan fingerprint density at radius 3 is 2.16 bits per heavy atom. The van der Waals surface area contributed by atoms with Crippen molar-refractivity contribution in [3.63, 3.8) is 0 Å². The van der Waals surface area contributed by atoms with E-state index in [0.29, 0.717) is 0 Å². The van der Waals surface area contributed by atoms with Gasteiger partial charge >= 0.3 is 0 Å². The van der Waals surface area contributed by atoms with Crippen molar-refractivity contribution in [2.75, 3.05) is 18.0 Å². The highest BCUT2D eigenvalue weighted by Gasteiger charge is 2.19. The van der Waals surface area contributed by atoms with Crippen molar-refractivity contribution < 1.29 is 35.5 Å². The van der Waals surface area contributed by atoms with Crippen molar-refractivity contribution in [1.29, 1.82) is 0 Å². The fraction of sp³-hybridized carbons (Fsp3) is 0.200. The van der Waals surface area contributed by atoms with Gasteiger partial charge < -0.3 is 30.5 Å². The van der Waals surface area contributed by atoms with Crippen LogP contribution in [-0.4, -0.2) is 18.1 Å². The van der Waals surface area contributed by atoms with E-state index in [1.807, 2.05) is 6.20 Å². The molecule has 0 aliphatic rings. The highest BCUT2D eigenvalue weighted by Crippen LogP contribution is 2.35. The SMILES string of the molecule is CCN(CC)c1[nH+]ccc2nc(-c3ccc(C[NH3+])cc3)c(-c3ccccc3)cc12.[Cl-].[Cl-]. The first kappa shape index (κ1) is 24.6. The minimum Gasteiger partial charge on any atom is -1.00 e. The summed E-state index contributed by atoms with van der Waals surface area (Å²) in [7, 11) is 0. The maximum absolute atomic E-state index is 5.13. The molecule has 0 fully saturated rings. The van der Waals surface area contributed by atoms with Gasteiger partial charge in [-0.15, -0.1) is 0 Å². The summed E-state index contributed by atoms with van der Waals surface area (Å²) in [6.45, 7) is 7.04. The zero-order chi connectivity index (χ0) is 20.2. The molecule has 4 nitrogen and oxygen atoms in total. The summed E-state index contributed by atoms with van der Waals surface area (Å²) in [5.74, 6) is 1.12. The van der Waals surface area contributed by atoms with Crippen LogP contribution in [0.2, 0.25) is 0 Å². The lowest BCUT2D eigenvalue weighted by atomic mass is 9.97. The molecule has 0 aliphatic carbocycles. The monoisotopic (exact) mass is 454 g/mol. The quantitative estimate of drug-likeness (QED) is 0.365. The molecule has 0 saturated carbocycles. The number of hydrogen-bond acceptors (Lipinski definition) is 2. The zero-order valence-electron chi connectivity index (χ0n) is 17.9. The van der Waals surface area contributed by atoms with Crippen LogP contribution in [0, 0.1) is 0 Å². The summed E-state index contributed by atoms with van der Waals surface area (Å²) in [5, 5.41) is 1.15. The largest absolute Gasteiger partial charge is 1.00 e. The predicted octanol–water partition coefficient (Wildman–Crippen LogP) is -2.02. The molecule has 2 aromatic heterocycles. The van der Waals surface area contributed by atoms with E-state index in [1.54, 1.807) is 0 Å². The molecule has 0 amide bonds. The summed E-state index contributed by atoms with van der Waals surface area (Å²) in [6.07, 6.45) is 1.99. The minimum absolute atomic E-state index is 0. The lowest BCUT2D eigenvalue weighted by Gasteiger charge is -2.16.